The Morgan fingerprint density at radius 1 is 1.28 bits per heavy atom. The Morgan fingerprint density at radius 3 is 3.07 bits per heavy atom. The number of benzene rings is 1. The number of nitrogen functional groups attached to an aromatic ring is 1. The summed E-state index contributed by atoms with van der Waals surface area (Å²) in [5.41, 5.74) is 7.50. The second-order valence-corrected chi connectivity index (χ2v) is 7.31. The van der Waals surface area contributed by atoms with Gasteiger partial charge in [0, 0.05) is 24.8 Å². The molecule has 0 aliphatic carbocycles. The average Bonchev–Trinajstić information content (AvgIpc) is 3.31. The fraction of sp³-hybridized carbons (Fsp3) is 0.350. The third-order valence-corrected chi connectivity index (χ3v) is 5.47. The lowest BCUT2D eigenvalue weighted by atomic mass is 10.0. The fourth-order valence-electron chi connectivity index (χ4n) is 4.13. The Morgan fingerprint density at radius 2 is 2.17 bits per heavy atom. The molecule has 1 fully saturated rings. The van der Waals surface area contributed by atoms with Gasteiger partial charge < -0.3 is 20.7 Å². The second kappa shape index (κ2) is 6.91. The van der Waals surface area contributed by atoms with Crippen molar-refractivity contribution in [3.8, 4) is 5.75 Å². The highest BCUT2D eigenvalue weighted by Crippen LogP contribution is 2.40. The normalized spacial score (nSPS) is 19.4. The number of hydrogen-bond donors (Lipinski definition) is 2. The number of aromatic nitrogens is 3. The maximum Gasteiger partial charge on any atom is 0.258 e. The summed E-state index contributed by atoms with van der Waals surface area (Å²) in [7, 11) is 0. The Balaban J connectivity index is 1.67. The van der Waals surface area contributed by atoms with Crippen LogP contribution in [0.5, 0.6) is 5.75 Å². The summed E-state index contributed by atoms with van der Waals surface area (Å²) in [4.78, 5) is 19.5. The Kier molecular flexibility index (Phi) is 4.22. The largest absolute Gasteiger partial charge is 0.493 e. The number of carbonyl (C=O) groups is 1. The van der Waals surface area contributed by atoms with Crippen molar-refractivity contribution in [1.82, 2.24) is 19.9 Å². The number of anilines is 2. The highest BCUT2D eigenvalue weighted by Gasteiger charge is 2.31. The topological polar surface area (TPSA) is 97.8 Å². The summed E-state index contributed by atoms with van der Waals surface area (Å²) >= 11 is 0. The van der Waals surface area contributed by atoms with Crippen LogP contribution in [0.2, 0.25) is 0 Å². The highest BCUT2D eigenvalue weighted by molar-refractivity contribution is 6.04. The molecule has 4 heterocycles. The predicted octanol–water partition coefficient (Wildman–Crippen LogP) is 2.30. The SMILES string of the molecule is Nc1nn2ccc3nc2c1C(=O)NCCCOc1ccc(F)cc1[C@H]1CCCN31. The molecule has 5 rings (SSSR count). The van der Waals surface area contributed by atoms with E-state index >= 15 is 0 Å². The van der Waals surface area contributed by atoms with E-state index in [-0.39, 0.29) is 29.1 Å². The molecule has 3 aromatic rings. The summed E-state index contributed by atoms with van der Waals surface area (Å²) in [6.45, 7) is 1.60. The van der Waals surface area contributed by atoms with E-state index in [1.165, 1.54) is 10.6 Å². The van der Waals surface area contributed by atoms with Crippen LogP contribution >= 0.6 is 0 Å². The second-order valence-electron chi connectivity index (χ2n) is 7.31. The van der Waals surface area contributed by atoms with Crippen LogP contribution in [0.3, 0.4) is 0 Å². The number of halogens is 1. The monoisotopic (exact) mass is 396 g/mol. The van der Waals surface area contributed by atoms with Crippen molar-refractivity contribution in [2.45, 2.75) is 25.3 Å². The summed E-state index contributed by atoms with van der Waals surface area (Å²) in [5.74, 6) is 0.908. The van der Waals surface area contributed by atoms with Crippen molar-refractivity contribution in [3.63, 3.8) is 0 Å². The molecule has 29 heavy (non-hydrogen) atoms. The van der Waals surface area contributed by atoms with E-state index in [9.17, 15) is 9.18 Å². The number of hydrogen-bond acceptors (Lipinski definition) is 6. The van der Waals surface area contributed by atoms with E-state index in [0.717, 1.165) is 24.9 Å². The summed E-state index contributed by atoms with van der Waals surface area (Å²) in [5, 5.41) is 7.05. The van der Waals surface area contributed by atoms with Gasteiger partial charge in [-0.3, -0.25) is 4.79 Å². The van der Waals surface area contributed by atoms with Gasteiger partial charge in [0.05, 0.1) is 12.6 Å². The number of nitrogens with one attached hydrogen (secondary N) is 1. The zero-order chi connectivity index (χ0) is 20.0. The number of amides is 1. The lowest BCUT2D eigenvalue weighted by molar-refractivity contribution is 0.0954. The van der Waals surface area contributed by atoms with E-state index in [4.69, 9.17) is 15.5 Å². The molecular formula is C20H21FN6O2. The highest BCUT2D eigenvalue weighted by atomic mass is 19.1. The Labute approximate surface area is 166 Å². The molecule has 2 aromatic heterocycles. The van der Waals surface area contributed by atoms with Crippen LogP contribution in [0.1, 0.15) is 41.2 Å². The minimum Gasteiger partial charge on any atom is -0.493 e. The van der Waals surface area contributed by atoms with Crippen molar-refractivity contribution < 1.29 is 13.9 Å². The molecule has 0 unspecified atom stereocenters. The standard InChI is InChI=1S/C20H21FN6O2/c21-12-4-5-15-13(11-12)14-3-1-8-26(14)16-6-9-27-19(24-16)17(18(22)25-27)20(28)23-7-2-10-29-15/h4-6,9,11,14H,1-3,7-8,10H2,(H2,22,25)(H,23,28)/t14-/m1/s1. The lowest BCUT2D eigenvalue weighted by Gasteiger charge is -2.28. The molecular weight excluding hydrogens is 375 g/mol. The number of fused-ring (bicyclic) bond motifs is 5. The molecule has 1 amide bonds. The van der Waals surface area contributed by atoms with Gasteiger partial charge in [0.15, 0.2) is 11.5 Å². The van der Waals surface area contributed by atoms with Gasteiger partial charge in [-0.25, -0.2) is 13.9 Å². The molecule has 1 aromatic carbocycles. The van der Waals surface area contributed by atoms with Gasteiger partial charge >= 0.3 is 0 Å². The van der Waals surface area contributed by atoms with Gasteiger partial charge in [-0.2, -0.15) is 0 Å². The van der Waals surface area contributed by atoms with Crippen LogP contribution in [-0.4, -0.2) is 40.2 Å². The Bertz CT molecular complexity index is 1100. The van der Waals surface area contributed by atoms with Crippen molar-refractivity contribution in [1.29, 1.82) is 0 Å². The number of nitrogens with two attached hydrogens (primary N) is 1. The molecule has 0 saturated carbocycles. The first-order chi connectivity index (χ1) is 14.1. The number of rotatable bonds is 0. The Hall–Kier alpha value is -3.36. The van der Waals surface area contributed by atoms with Crippen molar-refractivity contribution in [2.75, 3.05) is 30.3 Å². The first-order valence-electron chi connectivity index (χ1n) is 9.74. The van der Waals surface area contributed by atoms with Gasteiger partial charge in [-0.1, -0.05) is 0 Å². The molecule has 2 aliphatic heterocycles. The van der Waals surface area contributed by atoms with Crippen LogP contribution < -0.4 is 20.7 Å². The molecule has 0 radical (unpaired) electrons. The lowest BCUT2D eigenvalue weighted by Crippen LogP contribution is -2.28. The quantitative estimate of drug-likeness (QED) is 0.605. The van der Waals surface area contributed by atoms with E-state index in [1.54, 1.807) is 18.3 Å². The first-order valence-corrected chi connectivity index (χ1v) is 9.74. The molecule has 1 atom stereocenters. The number of carbonyl (C=O) groups excluding carboxylic acids is 1. The zero-order valence-electron chi connectivity index (χ0n) is 15.8. The molecule has 3 N–H and O–H groups in total. The smallest absolute Gasteiger partial charge is 0.258 e. The summed E-state index contributed by atoms with van der Waals surface area (Å²) < 4.78 is 21.5. The predicted molar refractivity (Wildman–Crippen MR) is 106 cm³/mol. The third-order valence-electron chi connectivity index (χ3n) is 5.47. The number of nitrogens with zero attached hydrogens (tertiary/aromatic N) is 4. The van der Waals surface area contributed by atoms with Gasteiger partial charge in [0.1, 0.15) is 22.9 Å². The number of ether oxygens (including phenoxy) is 1. The zero-order valence-corrected chi connectivity index (χ0v) is 15.8. The van der Waals surface area contributed by atoms with Crippen molar-refractivity contribution in [3.05, 3.63) is 47.4 Å². The molecule has 2 bridgehead atoms. The van der Waals surface area contributed by atoms with Crippen molar-refractivity contribution in [2.24, 2.45) is 0 Å². The van der Waals surface area contributed by atoms with E-state index in [1.807, 2.05) is 6.07 Å². The summed E-state index contributed by atoms with van der Waals surface area (Å²) in [6, 6.07) is 6.42. The van der Waals surface area contributed by atoms with E-state index in [2.05, 4.69) is 15.3 Å². The first kappa shape index (κ1) is 17.7. The van der Waals surface area contributed by atoms with Crippen LogP contribution in [0, 0.1) is 5.82 Å². The maximum atomic E-state index is 14.1. The van der Waals surface area contributed by atoms with Gasteiger partial charge in [0.25, 0.3) is 5.91 Å². The summed E-state index contributed by atoms with van der Waals surface area (Å²) in [6.07, 6.45) is 4.16. The van der Waals surface area contributed by atoms with Crippen LogP contribution in [0.25, 0.3) is 5.65 Å². The third kappa shape index (κ3) is 3.02. The molecule has 150 valence electrons. The van der Waals surface area contributed by atoms with Crippen LogP contribution in [0.4, 0.5) is 16.0 Å². The minimum absolute atomic E-state index is 0.0591. The minimum atomic E-state index is -0.306. The fourth-order valence-corrected chi connectivity index (χ4v) is 4.13. The van der Waals surface area contributed by atoms with Gasteiger partial charge in [0.2, 0.25) is 0 Å². The van der Waals surface area contributed by atoms with Crippen molar-refractivity contribution >= 4 is 23.2 Å². The van der Waals surface area contributed by atoms with Gasteiger partial charge in [-0.05, 0) is 43.5 Å². The van der Waals surface area contributed by atoms with Gasteiger partial charge in [-0.15, -0.1) is 5.10 Å². The molecule has 2 aliphatic rings. The average molecular weight is 396 g/mol. The molecule has 9 heteroatoms. The molecule has 8 nitrogen and oxygen atoms in total. The molecule has 1 saturated heterocycles. The van der Waals surface area contributed by atoms with Crippen LogP contribution in [-0.2, 0) is 0 Å². The van der Waals surface area contributed by atoms with E-state index in [0.29, 0.717) is 36.8 Å². The maximum absolute atomic E-state index is 14.1. The van der Waals surface area contributed by atoms with E-state index < -0.39 is 0 Å². The molecule has 0 spiro atoms. The van der Waals surface area contributed by atoms with Crippen LogP contribution in [0.15, 0.2) is 30.5 Å².